The molecule has 0 spiro atoms. The Kier molecular flexibility index (Phi) is 2.40. The van der Waals surface area contributed by atoms with Crippen molar-refractivity contribution < 1.29 is 15.0 Å². The van der Waals surface area contributed by atoms with Crippen molar-refractivity contribution in [3.63, 3.8) is 0 Å². The van der Waals surface area contributed by atoms with Crippen LogP contribution in [0, 0.1) is 5.92 Å². The van der Waals surface area contributed by atoms with Crippen LogP contribution in [-0.4, -0.2) is 28.7 Å². The van der Waals surface area contributed by atoms with E-state index in [1.165, 1.54) is 0 Å². The van der Waals surface area contributed by atoms with E-state index in [0.717, 1.165) is 6.29 Å². The van der Waals surface area contributed by atoms with Crippen LogP contribution in [0.4, 0.5) is 0 Å². The third-order valence-corrected chi connectivity index (χ3v) is 2.01. The normalized spacial score (nSPS) is 41.2. The molecule has 10 heavy (non-hydrogen) atoms. The van der Waals surface area contributed by atoms with Crippen LogP contribution in [0.15, 0.2) is 0 Å². The second-order valence-corrected chi connectivity index (χ2v) is 2.84. The quantitative estimate of drug-likeness (QED) is 0.497. The first-order chi connectivity index (χ1) is 4.74. The van der Waals surface area contributed by atoms with Gasteiger partial charge in [-0.05, 0) is 19.3 Å². The third-order valence-electron chi connectivity index (χ3n) is 2.01. The smallest absolute Gasteiger partial charge is 0.123 e. The Labute approximate surface area is 59.7 Å². The molecule has 3 atom stereocenters. The summed E-state index contributed by atoms with van der Waals surface area (Å²) in [4.78, 5) is 10.2. The molecule has 0 aromatic carbocycles. The van der Waals surface area contributed by atoms with E-state index >= 15 is 0 Å². The summed E-state index contributed by atoms with van der Waals surface area (Å²) < 4.78 is 0. The second-order valence-electron chi connectivity index (χ2n) is 2.84. The van der Waals surface area contributed by atoms with Gasteiger partial charge in [-0.3, -0.25) is 0 Å². The zero-order valence-electron chi connectivity index (χ0n) is 5.73. The number of rotatable bonds is 1. The third kappa shape index (κ3) is 1.55. The molecule has 2 N–H and O–H groups in total. The molecule has 0 aromatic heterocycles. The maximum absolute atomic E-state index is 10.2. The molecule has 1 aliphatic carbocycles. The van der Waals surface area contributed by atoms with Crippen LogP contribution in [0.3, 0.4) is 0 Å². The summed E-state index contributed by atoms with van der Waals surface area (Å²) in [7, 11) is 0. The second kappa shape index (κ2) is 3.12. The largest absolute Gasteiger partial charge is 0.390 e. The molecule has 0 bridgehead atoms. The van der Waals surface area contributed by atoms with Gasteiger partial charge in [0.15, 0.2) is 0 Å². The van der Waals surface area contributed by atoms with E-state index in [0.29, 0.717) is 19.3 Å². The molecule has 0 amide bonds. The molecule has 1 saturated carbocycles. The first-order valence-electron chi connectivity index (χ1n) is 3.55. The highest BCUT2D eigenvalue weighted by Gasteiger charge is 2.26. The van der Waals surface area contributed by atoms with E-state index in [2.05, 4.69) is 0 Å². The van der Waals surface area contributed by atoms with Crippen molar-refractivity contribution >= 4 is 6.29 Å². The summed E-state index contributed by atoms with van der Waals surface area (Å²) in [5.41, 5.74) is 0. The molecule has 3 nitrogen and oxygen atoms in total. The summed E-state index contributed by atoms with van der Waals surface area (Å²) in [6, 6.07) is 0. The van der Waals surface area contributed by atoms with Crippen molar-refractivity contribution in [2.75, 3.05) is 0 Å². The Morgan fingerprint density at radius 3 is 2.40 bits per heavy atom. The number of aliphatic hydroxyl groups excluding tert-OH is 2. The van der Waals surface area contributed by atoms with E-state index in [4.69, 9.17) is 10.2 Å². The monoisotopic (exact) mass is 144 g/mol. The van der Waals surface area contributed by atoms with Crippen LogP contribution >= 0.6 is 0 Å². The van der Waals surface area contributed by atoms with Gasteiger partial charge in [-0.1, -0.05) is 0 Å². The summed E-state index contributed by atoms with van der Waals surface area (Å²) in [6.45, 7) is 0. The highest BCUT2D eigenvalue weighted by molar-refractivity contribution is 5.53. The van der Waals surface area contributed by atoms with Crippen LogP contribution in [0.25, 0.3) is 0 Å². The number of hydrogen-bond donors (Lipinski definition) is 2. The fraction of sp³-hybridized carbons (Fsp3) is 0.857. The number of carbonyl (C=O) groups excluding carboxylic acids is 1. The molecular formula is C7H12O3. The van der Waals surface area contributed by atoms with Gasteiger partial charge in [0.05, 0.1) is 12.2 Å². The predicted molar refractivity (Wildman–Crippen MR) is 35.4 cm³/mol. The standard InChI is InChI=1S/C7H12O3/c8-4-5-1-2-6(9)7(10)3-5/h4-7,9-10H,1-3H2. The molecule has 58 valence electrons. The molecule has 0 saturated heterocycles. The van der Waals surface area contributed by atoms with Crippen LogP contribution in [0.1, 0.15) is 19.3 Å². The van der Waals surface area contributed by atoms with E-state index in [9.17, 15) is 4.79 Å². The van der Waals surface area contributed by atoms with Crippen molar-refractivity contribution in [3.05, 3.63) is 0 Å². The van der Waals surface area contributed by atoms with E-state index in [1.807, 2.05) is 0 Å². The maximum Gasteiger partial charge on any atom is 0.123 e. The minimum atomic E-state index is -0.691. The Bertz CT molecular complexity index is 124. The van der Waals surface area contributed by atoms with Gasteiger partial charge in [0.2, 0.25) is 0 Å². The van der Waals surface area contributed by atoms with Gasteiger partial charge in [-0.2, -0.15) is 0 Å². The molecule has 0 radical (unpaired) electrons. The summed E-state index contributed by atoms with van der Waals surface area (Å²) in [5.74, 6) is -0.0431. The minimum absolute atomic E-state index is 0.0431. The number of aldehydes is 1. The van der Waals surface area contributed by atoms with Gasteiger partial charge in [-0.25, -0.2) is 0 Å². The number of aliphatic hydroxyl groups is 2. The number of hydrogen-bond acceptors (Lipinski definition) is 3. The molecular weight excluding hydrogens is 132 g/mol. The first-order valence-corrected chi connectivity index (χ1v) is 3.55. The highest BCUT2D eigenvalue weighted by atomic mass is 16.3. The van der Waals surface area contributed by atoms with Crippen LogP contribution in [0.5, 0.6) is 0 Å². The van der Waals surface area contributed by atoms with Crippen molar-refractivity contribution in [2.24, 2.45) is 5.92 Å². The first kappa shape index (κ1) is 7.69. The minimum Gasteiger partial charge on any atom is -0.390 e. The lowest BCUT2D eigenvalue weighted by molar-refractivity contribution is -0.115. The summed E-state index contributed by atoms with van der Waals surface area (Å²) in [5, 5.41) is 18.1. The van der Waals surface area contributed by atoms with Crippen LogP contribution in [0.2, 0.25) is 0 Å². The van der Waals surface area contributed by atoms with Crippen LogP contribution in [-0.2, 0) is 4.79 Å². The van der Waals surface area contributed by atoms with Gasteiger partial charge in [0.25, 0.3) is 0 Å². The molecule has 1 fully saturated rings. The van der Waals surface area contributed by atoms with Gasteiger partial charge in [-0.15, -0.1) is 0 Å². The van der Waals surface area contributed by atoms with Crippen molar-refractivity contribution in [3.8, 4) is 0 Å². The Hall–Kier alpha value is -0.410. The zero-order valence-corrected chi connectivity index (χ0v) is 5.73. The lowest BCUT2D eigenvalue weighted by Gasteiger charge is -2.26. The average molecular weight is 144 g/mol. The van der Waals surface area contributed by atoms with Crippen molar-refractivity contribution in [1.29, 1.82) is 0 Å². The zero-order chi connectivity index (χ0) is 7.56. The number of carbonyl (C=O) groups is 1. The Morgan fingerprint density at radius 1 is 1.20 bits per heavy atom. The molecule has 0 heterocycles. The van der Waals surface area contributed by atoms with Gasteiger partial charge < -0.3 is 15.0 Å². The molecule has 1 aliphatic rings. The fourth-order valence-electron chi connectivity index (χ4n) is 1.29. The lowest BCUT2D eigenvalue weighted by Crippen LogP contribution is -2.33. The lowest BCUT2D eigenvalue weighted by atomic mass is 9.86. The summed E-state index contributed by atoms with van der Waals surface area (Å²) in [6.07, 6.45) is 1.23. The predicted octanol–water partition coefficient (Wildman–Crippen LogP) is -0.293. The summed E-state index contributed by atoms with van der Waals surface area (Å²) >= 11 is 0. The van der Waals surface area contributed by atoms with E-state index < -0.39 is 12.2 Å². The molecule has 3 heteroatoms. The SMILES string of the molecule is O=CC1CCC(O)C(O)C1. The molecule has 0 aromatic rings. The van der Waals surface area contributed by atoms with Gasteiger partial charge in [0, 0.05) is 5.92 Å². The van der Waals surface area contributed by atoms with Crippen LogP contribution < -0.4 is 0 Å². The van der Waals surface area contributed by atoms with Crippen molar-refractivity contribution in [2.45, 2.75) is 31.5 Å². The highest BCUT2D eigenvalue weighted by Crippen LogP contribution is 2.22. The molecule has 1 rings (SSSR count). The maximum atomic E-state index is 10.2. The van der Waals surface area contributed by atoms with E-state index in [-0.39, 0.29) is 5.92 Å². The topological polar surface area (TPSA) is 57.5 Å². The van der Waals surface area contributed by atoms with E-state index in [1.54, 1.807) is 0 Å². The average Bonchev–Trinajstić information content (AvgIpc) is 1.95. The Balaban J connectivity index is 2.40. The Morgan fingerprint density at radius 2 is 1.90 bits per heavy atom. The van der Waals surface area contributed by atoms with Gasteiger partial charge >= 0.3 is 0 Å². The molecule has 3 unspecified atom stereocenters. The fourth-order valence-corrected chi connectivity index (χ4v) is 1.29. The van der Waals surface area contributed by atoms with Gasteiger partial charge in [0.1, 0.15) is 6.29 Å². The van der Waals surface area contributed by atoms with Crippen molar-refractivity contribution in [1.82, 2.24) is 0 Å². The molecule has 0 aliphatic heterocycles.